The first kappa shape index (κ1) is 17.9. The molecule has 0 saturated heterocycles. The zero-order chi connectivity index (χ0) is 18.1. The molecule has 0 radical (unpaired) electrons. The van der Waals surface area contributed by atoms with Gasteiger partial charge in [-0.2, -0.15) is 0 Å². The zero-order valence-corrected chi connectivity index (χ0v) is 17.3. The topological polar surface area (TPSA) is 50.1 Å². The molecule has 4 nitrogen and oxygen atoms in total. The molecule has 0 unspecified atom stereocenters. The first-order chi connectivity index (χ1) is 11.9. The van der Waals surface area contributed by atoms with E-state index in [1.54, 1.807) is 10.9 Å². The molecule has 0 aliphatic heterocycles. The molecular weight excluding hydrogens is 446 g/mol. The molecule has 2 aromatic carbocycles. The van der Waals surface area contributed by atoms with Crippen molar-refractivity contribution < 1.29 is 0 Å². The number of H-pyrrole nitrogens is 1. The number of nitrogens with one attached hydrogen (secondary N) is 1. The monoisotopic (exact) mass is 461 g/mol. The fourth-order valence-corrected chi connectivity index (χ4v) is 3.26. The van der Waals surface area contributed by atoms with Crippen molar-refractivity contribution in [1.82, 2.24) is 9.78 Å². The van der Waals surface area contributed by atoms with Crippen molar-refractivity contribution >= 4 is 43.8 Å². The third kappa shape index (κ3) is 3.55. The Balaban J connectivity index is 2.03. The molecule has 25 heavy (non-hydrogen) atoms. The fourth-order valence-electron chi connectivity index (χ4n) is 2.56. The third-order valence-corrected chi connectivity index (χ3v) is 5.61. The number of aromatic amines is 1. The predicted molar refractivity (Wildman–Crippen MR) is 110 cm³/mol. The van der Waals surface area contributed by atoms with Gasteiger partial charge in [-0.05, 0) is 68.3 Å². The van der Waals surface area contributed by atoms with Gasteiger partial charge >= 0.3 is 0 Å². The van der Waals surface area contributed by atoms with Crippen molar-refractivity contribution in [2.45, 2.75) is 20.8 Å². The lowest BCUT2D eigenvalue weighted by atomic mass is 10.1. The van der Waals surface area contributed by atoms with Crippen LogP contribution < -0.4 is 5.56 Å². The van der Waals surface area contributed by atoms with Crippen LogP contribution in [0.5, 0.6) is 0 Å². The van der Waals surface area contributed by atoms with Gasteiger partial charge in [-0.15, -0.1) is 0 Å². The number of hydrogen-bond donors (Lipinski definition) is 1. The van der Waals surface area contributed by atoms with Crippen LogP contribution in [0.15, 0.2) is 55.1 Å². The fraction of sp³-hybridized carbons (Fsp3) is 0.158. The highest BCUT2D eigenvalue weighted by Gasteiger charge is 2.14. The molecule has 6 heteroatoms. The molecule has 0 aliphatic carbocycles. The summed E-state index contributed by atoms with van der Waals surface area (Å²) in [6, 6.07) is 11.5. The molecule has 3 aromatic rings. The highest BCUT2D eigenvalue weighted by atomic mass is 79.9. The molecule has 1 N–H and O–H groups in total. The van der Waals surface area contributed by atoms with Crippen LogP contribution in [0.1, 0.15) is 22.4 Å². The number of benzene rings is 2. The number of aliphatic imine (C=N–C) groups is 1. The van der Waals surface area contributed by atoms with Crippen LogP contribution in [0.3, 0.4) is 0 Å². The van der Waals surface area contributed by atoms with Gasteiger partial charge in [-0.25, -0.2) is 4.68 Å². The number of aryl methyl sites for hydroxylation is 1. The van der Waals surface area contributed by atoms with Gasteiger partial charge in [0.25, 0.3) is 5.56 Å². The summed E-state index contributed by atoms with van der Waals surface area (Å²) in [7, 11) is 0. The minimum Gasteiger partial charge on any atom is -0.295 e. The first-order valence-corrected chi connectivity index (χ1v) is 9.34. The number of nitrogens with zero attached hydrogens (tertiary/aromatic N) is 2. The van der Waals surface area contributed by atoms with Crippen molar-refractivity contribution in [3.8, 4) is 5.69 Å². The van der Waals surface area contributed by atoms with Crippen LogP contribution in [0.25, 0.3) is 5.69 Å². The molecule has 0 spiro atoms. The highest BCUT2D eigenvalue weighted by Crippen LogP contribution is 2.24. The van der Waals surface area contributed by atoms with Crippen molar-refractivity contribution in [1.29, 1.82) is 0 Å². The van der Waals surface area contributed by atoms with Crippen LogP contribution in [-0.4, -0.2) is 16.0 Å². The quantitative estimate of drug-likeness (QED) is 0.523. The summed E-state index contributed by atoms with van der Waals surface area (Å²) >= 11 is 6.92. The minimum atomic E-state index is -0.108. The lowest BCUT2D eigenvalue weighted by Gasteiger charge is -2.10. The molecule has 128 valence electrons. The van der Waals surface area contributed by atoms with Crippen LogP contribution >= 0.6 is 31.9 Å². The van der Waals surface area contributed by atoms with Crippen LogP contribution in [-0.2, 0) is 0 Å². The maximum absolute atomic E-state index is 12.8. The summed E-state index contributed by atoms with van der Waals surface area (Å²) < 4.78 is 3.60. The molecule has 3 rings (SSSR count). The normalized spacial score (nSPS) is 11.4. The predicted octanol–water partition coefficient (Wildman–Crippen LogP) is 5.37. The van der Waals surface area contributed by atoms with Gasteiger partial charge in [0.05, 0.1) is 16.9 Å². The second-order valence-corrected chi connectivity index (χ2v) is 7.61. The average molecular weight is 463 g/mol. The number of aromatic nitrogens is 2. The molecular formula is C19H17Br2N3O. The lowest BCUT2D eigenvalue weighted by molar-refractivity contribution is 0.827. The first-order valence-electron chi connectivity index (χ1n) is 7.76. The van der Waals surface area contributed by atoms with Gasteiger partial charge in [0, 0.05) is 20.9 Å². The standard InChI is InChI=1S/C19H17Br2N3O/c1-11-12(2)18(9-8-17(11)21)24-19(25)16(13(3)23-24)10-22-15-6-4-14(20)5-7-15/h4-10,23H,1-3H3. The van der Waals surface area contributed by atoms with E-state index < -0.39 is 0 Å². The van der Waals surface area contributed by atoms with E-state index in [0.717, 1.165) is 37.1 Å². The number of halogens is 2. The molecule has 0 aliphatic rings. The van der Waals surface area contributed by atoms with Crippen LogP contribution in [0.4, 0.5) is 5.69 Å². The second-order valence-electron chi connectivity index (χ2n) is 5.84. The molecule has 0 atom stereocenters. The van der Waals surface area contributed by atoms with Crippen molar-refractivity contribution in [3.05, 3.63) is 78.1 Å². The Morgan fingerprint density at radius 3 is 2.36 bits per heavy atom. The van der Waals surface area contributed by atoms with E-state index in [4.69, 9.17) is 0 Å². The molecule has 1 aromatic heterocycles. The van der Waals surface area contributed by atoms with Gasteiger partial charge in [-0.1, -0.05) is 31.9 Å². The summed E-state index contributed by atoms with van der Waals surface area (Å²) in [4.78, 5) is 17.2. The Kier molecular flexibility index (Phi) is 5.11. The van der Waals surface area contributed by atoms with E-state index in [2.05, 4.69) is 42.0 Å². The van der Waals surface area contributed by atoms with Gasteiger partial charge in [0.1, 0.15) is 0 Å². The Bertz CT molecular complexity index is 1010. The van der Waals surface area contributed by atoms with E-state index in [1.165, 1.54) is 0 Å². The average Bonchev–Trinajstić information content (AvgIpc) is 2.87. The van der Waals surface area contributed by atoms with Crippen LogP contribution in [0.2, 0.25) is 0 Å². The Hall–Kier alpha value is -1.92. The SMILES string of the molecule is Cc1[nH]n(-c2ccc(Br)c(C)c2C)c(=O)c1C=Nc1ccc(Br)cc1. The molecule has 0 fully saturated rings. The van der Waals surface area contributed by atoms with E-state index >= 15 is 0 Å². The Labute approximate surface area is 162 Å². The molecule has 0 saturated carbocycles. The molecule has 0 bridgehead atoms. The van der Waals surface area contributed by atoms with Crippen molar-refractivity contribution in [3.63, 3.8) is 0 Å². The summed E-state index contributed by atoms with van der Waals surface area (Å²) in [5, 5.41) is 3.15. The van der Waals surface area contributed by atoms with Gasteiger partial charge < -0.3 is 0 Å². The number of rotatable bonds is 3. The van der Waals surface area contributed by atoms with E-state index in [0.29, 0.717) is 5.56 Å². The largest absolute Gasteiger partial charge is 0.295 e. The molecule has 1 heterocycles. The van der Waals surface area contributed by atoms with Crippen molar-refractivity contribution in [2.24, 2.45) is 4.99 Å². The zero-order valence-electron chi connectivity index (χ0n) is 14.1. The third-order valence-electron chi connectivity index (χ3n) is 4.22. The van der Waals surface area contributed by atoms with Crippen LogP contribution in [0, 0.1) is 20.8 Å². The van der Waals surface area contributed by atoms with Crippen molar-refractivity contribution in [2.75, 3.05) is 0 Å². The summed E-state index contributed by atoms with van der Waals surface area (Å²) in [5.41, 5.74) is 5.04. The maximum Gasteiger partial charge on any atom is 0.280 e. The smallest absolute Gasteiger partial charge is 0.280 e. The van der Waals surface area contributed by atoms with Gasteiger partial charge in [0.2, 0.25) is 0 Å². The minimum absolute atomic E-state index is 0.108. The summed E-state index contributed by atoms with van der Waals surface area (Å²) in [5.74, 6) is 0. The Morgan fingerprint density at radius 1 is 1.00 bits per heavy atom. The summed E-state index contributed by atoms with van der Waals surface area (Å²) in [6.45, 7) is 5.91. The molecule has 0 amide bonds. The lowest BCUT2D eigenvalue weighted by Crippen LogP contribution is -2.18. The van der Waals surface area contributed by atoms with E-state index in [-0.39, 0.29) is 5.56 Å². The second kappa shape index (κ2) is 7.14. The Morgan fingerprint density at radius 2 is 1.68 bits per heavy atom. The van der Waals surface area contributed by atoms with E-state index in [9.17, 15) is 4.79 Å². The van der Waals surface area contributed by atoms with Gasteiger partial charge in [-0.3, -0.25) is 14.9 Å². The highest BCUT2D eigenvalue weighted by molar-refractivity contribution is 9.10. The number of hydrogen-bond acceptors (Lipinski definition) is 2. The maximum atomic E-state index is 12.8. The van der Waals surface area contributed by atoms with Gasteiger partial charge in [0.15, 0.2) is 0 Å². The van der Waals surface area contributed by atoms with E-state index in [1.807, 2.05) is 57.2 Å². The summed E-state index contributed by atoms with van der Waals surface area (Å²) in [6.07, 6.45) is 1.62.